The second kappa shape index (κ2) is 3.22. The van der Waals surface area contributed by atoms with Crippen molar-refractivity contribution >= 4 is 5.97 Å². The molecule has 0 amide bonds. The molecule has 13 heavy (non-hydrogen) atoms. The van der Waals surface area contributed by atoms with Crippen molar-refractivity contribution in [3.05, 3.63) is 24.0 Å². The molecule has 0 bridgehead atoms. The molecule has 0 radical (unpaired) electrons. The minimum absolute atomic E-state index is 0.193. The first-order chi connectivity index (χ1) is 5.94. The van der Waals surface area contributed by atoms with Crippen molar-refractivity contribution in [2.24, 2.45) is 5.92 Å². The molecule has 4 heteroatoms. The average molecular weight is 184 g/mol. The van der Waals surface area contributed by atoms with Crippen LogP contribution in [0.3, 0.4) is 0 Å². The molecule has 4 nitrogen and oxygen atoms in total. The first kappa shape index (κ1) is 9.80. The van der Waals surface area contributed by atoms with Gasteiger partial charge in [0, 0.05) is 5.92 Å². The summed E-state index contributed by atoms with van der Waals surface area (Å²) in [6.07, 6.45) is 4.29. The lowest BCUT2D eigenvalue weighted by Gasteiger charge is -2.31. The second-order valence-electron chi connectivity index (χ2n) is 3.29. The van der Waals surface area contributed by atoms with E-state index in [-0.39, 0.29) is 12.2 Å². The molecule has 0 aromatic heterocycles. The Morgan fingerprint density at radius 3 is 2.85 bits per heavy atom. The van der Waals surface area contributed by atoms with Gasteiger partial charge in [-0.3, -0.25) is 4.79 Å². The second-order valence-corrected chi connectivity index (χ2v) is 3.29. The Hall–Kier alpha value is -1.29. The number of hydrogen-bond donors (Lipinski definition) is 3. The zero-order chi connectivity index (χ0) is 10.1. The van der Waals surface area contributed by atoms with E-state index in [1.54, 1.807) is 12.2 Å². The molecule has 0 saturated carbocycles. The van der Waals surface area contributed by atoms with E-state index in [1.165, 1.54) is 13.0 Å². The van der Waals surface area contributed by atoms with Gasteiger partial charge in [0.15, 0.2) is 0 Å². The first-order valence-corrected chi connectivity index (χ1v) is 3.96. The molecule has 0 aromatic rings. The lowest BCUT2D eigenvalue weighted by atomic mass is 9.82. The van der Waals surface area contributed by atoms with Crippen LogP contribution in [0, 0.1) is 5.92 Å². The summed E-state index contributed by atoms with van der Waals surface area (Å²) in [5, 5.41) is 27.5. The Balaban J connectivity index is 2.83. The first-order valence-electron chi connectivity index (χ1n) is 3.96. The van der Waals surface area contributed by atoms with Gasteiger partial charge < -0.3 is 15.3 Å². The number of allylic oxidation sites excluding steroid dienone is 2. The van der Waals surface area contributed by atoms with E-state index >= 15 is 0 Å². The van der Waals surface area contributed by atoms with Gasteiger partial charge in [0.1, 0.15) is 11.4 Å². The van der Waals surface area contributed by atoms with Gasteiger partial charge in [-0.05, 0) is 13.0 Å². The monoisotopic (exact) mass is 184 g/mol. The molecule has 0 aromatic carbocycles. The summed E-state index contributed by atoms with van der Waals surface area (Å²) in [5.41, 5.74) is -1.47. The van der Waals surface area contributed by atoms with Gasteiger partial charge >= 0.3 is 5.97 Å². The van der Waals surface area contributed by atoms with Crippen LogP contribution >= 0.6 is 0 Å². The Bertz CT molecular complexity index is 275. The van der Waals surface area contributed by atoms with Gasteiger partial charge in [-0.15, -0.1) is 0 Å². The predicted octanol–water partition coefficient (Wildman–Crippen LogP) is 0.840. The van der Waals surface area contributed by atoms with Gasteiger partial charge in [0.05, 0.1) is 6.42 Å². The number of hydrogen-bond acceptors (Lipinski definition) is 3. The Morgan fingerprint density at radius 1 is 1.69 bits per heavy atom. The van der Waals surface area contributed by atoms with E-state index in [4.69, 9.17) is 5.11 Å². The molecule has 0 fully saturated rings. The normalized spacial score (nSPS) is 32.8. The number of carboxylic acid groups (broad SMARTS) is 1. The quantitative estimate of drug-likeness (QED) is 0.594. The van der Waals surface area contributed by atoms with Gasteiger partial charge in [-0.1, -0.05) is 12.2 Å². The fourth-order valence-electron chi connectivity index (χ4n) is 1.28. The van der Waals surface area contributed by atoms with Crippen LogP contribution in [0.2, 0.25) is 0 Å². The van der Waals surface area contributed by atoms with E-state index in [0.717, 1.165) is 0 Å². The summed E-state index contributed by atoms with van der Waals surface area (Å²) in [5.74, 6) is -1.76. The van der Waals surface area contributed by atoms with Crippen molar-refractivity contribution in [2.75, 3.05) is 0 Å². The average Bonchev–Trinajstić information content (AvgIpc) is 1.99. The van der Waals surface area contributed by atoms with Gasteiger partial charge in [0.25, 0.3) is 0 Å². The smallest absolute Gasteiger partial charge is 0.304 e. The molecule has 72 valence electrons. The zero-order valence-electron chi connectivity index (χ0n) is 7.27. The maximum Gasteiger partial charge on any atom is 0.304 e. The summed E-state index contributed by atoms with van der Waals surface area (Å²) < 4.78 is 0. The topological polar surface area (TPSA) is 77.8 Å². The lowest BCUT2D eigenvalue weighted by Crippen LogP contribution is -2.38. The fraction of sp³-hybridized carbons (Fsp3) is 0.444. The molecule has 1 rings (SSSR count). The Labute approximate surface area is 75.8 Å². The highest BCUT2D eigenvalue weighted by atomic mass is 16.4. The molecular weight excluding hydrogens is 172 g/mol. The minimum Gasteiger partial charge on any atom is -0.509 e. The third-order valence-corrected chi connectivity index (χ3v) is 2.23. The summed E-state index contributed by atoms with van der Waals surface area (Å²) in [6, 6.07) is 0. The van der Waals surface area contributed by atoms with Crippen LogP contribution in [-0.4, -0.2) is 26.9 Å². The van der Waals surface area contributed by atoms with Crippen molar-refractivity contribution in [1.29, 1.82) is 0 Å². The maximum absolute atomic E-state index is 10.4. The molecule has 0 heterocycles. The number of aliphatic carboxylic acids is 1. The number of rotatable bonds is 2. The summed E-state index contributed by atoms with van der Waals surface area (Å²) in [6.45, 7) is 1.40. The van der Waals surface area contributed by atoms with Crippen molar-refractivity contribution in [2.45, 2.75) is 18.9 Å². The molecule has 0 saturated heterocycles. The highest BCUT2D eigenvalue weighted by Gasteiger charge is 2.37. The van der Waals surface area contributed by atoms with Crippen LogP contribution in [0.5, 0.6) is 0 Å². The SMILES string of the molecule is CC1(O)C(O)=CC=CC1CC(=O)O. The molecule has 0 spiro atoms. The number of aliphatic hydroxyl groups excluding tert-OH is 1. The van der Waals surface area contributed by atoms with Crippen LogP contribution in [0.4, 0.5) is 0 Å². The summed E-state index contributed by atoms with van der Waals surface area (Å²) in [7, 11) is 0. The van der Waals surface area contributed by atoms with Gasteiger partial charge in [-0.25, -0.2) is 0 Å². The Morgan fingerprint density at radius 2 is 2.31 bits per heavy atom. The van der Waals surface area contributed by atoms with Crippen molar-refractivity contribution in [1.82, 2.24) is 0 Å². The van der Waals surface area contributed by atoms with Crippen LogP contribution in [-0.2, 0) is 4.79 Å². The maximum atomic E-state index is 10.4. The van der Waals surface area contributed by atoms with Crippen molar-refractivity contribution in [3.8, 4) is 0 Å². The summed E-state index contributed by atoms with van der Waals surface area (Å²) >= 11 is 0. The molecule has 1 aliphatic carbocycles. The van der Waals surface area contributed by atoms with E-state index in [0.29, 0.717) is 0 Å². The van der Waals surface area contributed by atoms with Gasteiger partial charge in [0.2, 0.25) is 0 Å². The number of carboxylic acids is 1. The lowest BCUT2D eigenvalue weighted by molar-refractivity contribution is -0.139. The molecule has 1 aliphatic rings. The van der Waals surface area contributed by atoms with Crippen molar-refractivity contribution in [3.63, 3.8) is 0 Å². The summed E-state index contributed by atoms with van der Waals surface area (Å²) in [4.78, 5) is 10.4. The molecule has 0 aliphatic heterocycles. The van der Waals surface area contributed by atoms with Gasteiger partial charge in [-0.2, -0.15) is 0 Å². The van der Waals surface area contributed by atoms with Crippen LogP contribution in [0.15, 0.2) is 24.0 Å². The molecule has 3 N–H and O–H groups in total. The molecular formula is C9H12O4. The minimum atomic E-state index is -1.47. The van der Waals surface area contributed by atoms with Crippen LogP contribution in [0.1, 0.15) is 13.3 Å². The fourth-order valence-corrected chi connectivity index (χ4v) is 1.28. The number of aliphatic hydroxyl groups is 2. The standard InChI is InChI=1S/C9H12O4/c1-9(13)6(5-8(11)12)3-2-4-7(9)10/h2-4,6,10,13H,5H2,1H3,(H,11,12). The predicted molar refractivity (Wildman–Crippen MR) is 46.2 cm³/mol. The van der Waals surface area contributed by atoms with E-state index in [9.17, 15) is 15.0 Å². The highest BCUT2D eigenvalue weighted by molar-refractivity contribution is 5.67. The van der Waals surface area contributed by atoms with Crippen LogP contribution < -0.4 is 0 Å². The highest BCUT2D eigenvalue weighted by Crippen LogP contribution is 2.31. The Kier molecular flexibility index (Phi) is 2.43. The third kappa shape index (κ3) is 1.89. The molecule has 2 atom stereocenters. The van der Waals surface area contributed by atoms with E-state index in [2.05, 4.69) is 0 Å². The zero-order valence-corrected chi connectivity index (χ0v) is 7.27. The van der Waals surface area contributed by atoms with Crippen LogP contribution in [0.25, 0.3) is 0 Å². The van der Waals surface area contributed by atoms with E-state index in [1.807, 2.05) is 0 Å². The number of carbonyl (C=O) groups is 1. The van der Waals surface area contributed by atoms with Crippen molar-refractivity contribution < 1.29 is 20.1 Å². The van der Waals surface area contributed by atoms with E-state index < -0.39 is 17.5 Å². The largest absolute Gasteiger partial charge is 0.509 e. The third-order valence-electron chi connectivity index (χ3n) is 2.23. The molecule has 2 unspecified atom stereocenters.